The highest BCUT2D eigenvalue weighted by atomic mass is 32.2. The Kier molecular flexibility index (Phi) is 6.54. The molecule has 0 unspecified atom stereocenters. The molecule has 0 fully saturated rings. The molecule has 0 radical (unpaired) electrons. The van der Waals surface area contributed by atoms with Crippen molar-refractivity contribution in [2.24, 2.45) is 0 Å². The van der Waals surface area contributed by atoms with Crippen LogP contribution in [-0.2, 0) is 11.3 Å². The van der Waals surface area contributed by atoms with Gasteiger partial charge in [0, 0.05) is 12.6 Å². The summed E-state index contributed by atoms with van der Waals surface area (Å²) in [4.78, 5) is 29.0. The molecule has 4 aromatic rings. The van der Waals surface area contributed by atoms with E-state index >= 15 is 0 Å². The van der Waals surface area contributed by atoms with Gasteiger partial charge in [-0.3, -0.25) is 18.6 Å². The van der Waals surface area contributed by atoms with Crippen molar-refractivity contribution in [3.05, 3.63) is 65.6 Å². The lowest BCUT2D eigenvalue weighted by Crippen LogP contribution is -2.22. The molecule has 0 bridgehead atoms. The number of nitrogens with one attached hydrogen (secondary N) is 1. The van der Waals surface area contributed by atoms with E-state index < -0.39 is 18.7 Å². The number of para-hydroxylation sites is 1. The topological polar surface area (TPSA) is 103 Å². The van der Waals surface area contributed by atoms with Crippen LogP contribution in [0.25, 0.3) is 16.7 Å². The van der Waals surface area contributed by atoms with Gasteiger partial charge in [0.1, 0.15) is 0 Å². The number of aromatic nitrogens is 5. The van der Waals surface area contributed by atoms with Gasteiger partial charge in [0.2, 0.25) is 17.6 Å². The first kappa shape index (κ1) is 23.3. The molecule has 13 heteroatoms. The third-order valence-corrected chi connectivity index (χ3v) is 5.46. The number of carbonyl (C=O) groups is 1. The lowest BCUT2D eigenvalue weighted by atomic mass is 10.2. The number of anilines is 1. The van der Waals surface area contributed by atoms with Crippen LogP contribution in [0.3, 0.4) is 0 Å². The van der Waals surface area contributed by atoms with Gasteiger partial charge >= 0.3 is 6.18 Å². The first-order valence-corrected chi connectivity index (χ1v) is 10.8. The minimum Gasteiger partial charge on any atom is -0.468 e. The zero-order chi connectivity index (χ0) is 24.3. The number of rotatable bonds is 8. The number of hydrogen-bond acceptors (Lipinski definition) is 7. The molecule has 0 atom stereocenters. The second-order valence-corrected chi connectivity index (χ2v) is 7.91. The molecular weight excluding hydrogens is 473 g/mol. The summed E-state index contributed by atoms with van der Waals surface area (Å²) in [5.74, 6) is -0.319. The molecule has 9 nitrogen and oxygen atoms in total. The van der Waals surface area contributed by atoms with Gasteiger partial charge in [0.15, 0.2) is 11.8 Å². The number of alkyl halides is 3. The average molecular weight is 490 g/mol. The van der Waals surface area contributed by atoms with Crippen molar-refractivity contribution in [3.8, 4) is 5.88 Å². The van der Waals surface area contributed by atoms with Crippen LogP contribution in [0, 0.1) is 0 Å². The zero-order valence-corrected chi connectivity index (χ0v) is 18.3. The van der Waals surface area contributed by atoms with E-state index in [1.807, 2.05) is 0 Å². The lowest BCUT2D eigenvalue weighted by Gasteiger charge is -2.10. The Morgan fingerprint density at radius 3 is 2.71 bits per heavy atom. The molecule has 1 N–H and O–H groups in total. The third-order valence-electron chi connectivity index (χ3n) is 4.53. The predicted octanol–water partition coefficient (Wildman–Crippen LogP) is 3.30. The maximum absolute atomic E-state index is 12.8. The van der Waals surface area contributed by atoms with Crippen LogP contribution in [0.1, 0.15) is 0 Å². The highest BCUT2D eigenvalue weighted by Gasteiger charge is 2.28. The largest absolute Gasteiger partial charge is 0.468 e. The number of halogens is 3. The van der Waals surface area contributed by atoms with Crippen LogP contribution in [0.15, 0.2) is 65.2 Å². The fraction of sp³-hybridized carbons (Fsp3) is 0.190. The number of hydrogen-bond donors (Lipinski definition) is 1. The molecule has 0 saturated heterocycles. The maximum atomic E-state index is 12.8. The number of ether oxygens (including phenoxy) is 1. The van der Waals surface area contributed by atoms with Gasteiger partial charge in [0.25, 0.3) is 5.56 Å². The molecule has 1 amide bonds. The number of amides is 1. The highest BCUT2D eigenvalue weighted by Crippen LogP contribution is 2.22. The Bertz CT molecular complexity index is 1420. The van der Waals surface area contributed by atoms with E-state index in [1.165, 1.54) is 22.9 Å². The van der Waals surface area contributed by atoms with Crippen LogP contribution in [0.5, 0.6) is 5.88 Å². The minimum absolute atomic E-state index is 0.0397. The van der Waals surface area contributed by atoms with Gasteiger partial charge in [-0.25, -0.2) is 4.98 Å². The smallest absolute Gasteiger partial charge is 0.422 e. The molecule has 0 aliphatic heterocycles. The normalized spacial score (nSPS) is 11.6. The SMILES string of the molecule is C=CCn1c(=O)c2ccccc2n2c(SCC(=O)Nc3ccc(OCC(F)(F)F)nc3)nnc12. The van der Waals surface area contributed by atoms with E-state index in [2.05, 4.69) is 31.8 Å². The van der Waals surface area contributed by atoms with E-state index in [4.69, 9.17) is 0 Å². The molecule has 0 aliphatic carbocycles. The third kappa shape index (κ3) is 5.03. The molecular formula is C21H17F3N6O3S. The molecule has 0 saturated carbocycles. The molecule has 34 heavy (non-hydrogen) atoms. The van der Waals surface area contributed by atoms with Crippen molar-refractivity contribution in [1.82, 2.24) is 24.1 Å². The van der Waals surface area contributed by atoms with Crippen molar-refractivity contribution in [3.63, 3.8) is 0 Å². The lowest BCUT2D eigenvalue weighted by molar-refractivity contribution is -0.154. The quantitative estimate of drug-likeness (QED) is 0.299. The Morgan fingerprint density at radius 1 is 1.21 bits per heavy atom. The predicted molar refractivity (Wildman–Crippen MR) is 120 cm³/mol. The van der Waals surface area contributed by atoms with E-state index in [-0.39, 0.29) is 23.7 Å². The number of benzene rings is 1. The van der Waals surface area contributed by atoms with E-state index in [1.54, 1.807) is 34.7 Å². The van der Waals surface area contributed by atoms with Gasteiger partial charge in [-0.15, -0.1) is 16.8 Å². The number of carbonyl (C=O) groups excluding carboxylic acids is 1. The fourth-order valence-electron chi connectivity index (χ4n) is 3.14. The first-order chi connectivity index (χ1) is 16.3. The summed E-state index contributed by atoms with van der Waals surface area (Å²) in [6, 6.07) is 9.62. The standard InChI is InChI=1S/C21H17F3N6O3S/c1-2-9-29-18(32)14-5-3-4-6-15(14)30-19(29)27-28-20(30)34-11-16(31)26-13-7-8-17(25-10-13)33-12-21(22,23)24/h2-8,10H,1,9,11-12H2,(H,26,31). The van der Waals surface area contributed by atoms with Crippen molar-refractivity contribution < 1.29 is 22.7 Å². The molecule has 4 rings (SSSR count). The van der Waals surface area contributed by atoms with Crippen LogP contribution < -0.4 is 15.6 Å². The van der Waals surface area contributed by atoms with Crippen molar-refractivity contribution >= 4 is 40.0 Å². The zero-order valence-electron chi connectivity index (χ0n) is 17.5. The van der Waals surface area contributed by atoms with Gasteiger partial charge in [-0.1, -0.05) is 30.0 Å². The van der Waals surface area contributed by atoms with Crippen LogP contribution in [-0.4, -0.2) is 48.6 Å². The van der Waals surface area contributed by atoms with Crippen molar-refractivity contribution in [1.29, 1.82) is 0 Å². The Balaban J connectivity index is 1.49. The molecule has 3 aromatic heterocycles. The van der Waals surface area contributed by atoms with Gasteiger partial charge < -0.3 is 10.1 Å². The molecule has 1 aromatic carbocycles. The maximum Gasteiger partial charge on any atom is 0.422 e. The number of pyridine rings is 1. The van der Waals surface area contributed by atoms with Crippen LogP contribution in [0.4, 0.5) is 18.9 Å². The van der Waals surface area contributed by atoms with Crippen LogP contribution >= 0.6 is 11.8 Å². The highest BCUT2D eigenvalue weighted by molar-refractivity contribution is 7.99. The second kappa shape index (κ2) is 9.55. The van der Waals surface area contributed by atoms with Gasteiger partial charge in [-0.05, 0) is 18.2 Å². The van der Waals surface area contributed by atoms with Crippen molar-refractivity contribution in [2.75, 3.05) is 17.7 Å². The fourth-order valence-corrected chi connectivity index (χ4v) is 3.88. The van der Waals surface area contributed by atoms with E-state index in [0.29, 0.717) is 27.5 Å². The Labute approximate surface area is 194 Å². The second-order valence-electron chi connectivity index (χ2n) is 6.97. The summed E-state index contributed by atoms with van der Waals surface area (Å²) in [5, 5.41) is 11.8. The monoisotopic (exact) mass is 490 g/mol. The molecule has 3 heterocycles. The van der Waals surface area contributed by atoms with Crippen molar-refractivity contribution in [2.45, 2.75) is 17.9 Å². The number of fused-ring (bicyclic) bond motifs is 3. The van der Waals surface area contributed by atoms with E-state index in [0.717, 1.165) is 11.8 Å². The van der Waals surface area contributed by atoms with Gasteiger partial charge in [0.05, 0.1) is 28.5 Å². The summed E-state index contributed by atoms with van der Waals surface area (Å²) in [6.07, 6.45) is -1.69. The number of nitrogens with zero attached hydrogens (tertiary/aromatic N) is 5. The first-order valence-electron chi connectivity index (χ1n) is 9.82. The molecule has 0 aliphatic rings. The summed E-state index contributed by atoms with van der Waals surface area (Å²) in [6.45, 7) is 2.47. The Morgan fingerprint density at radius 2 is 2.00 bits per heavy atom. The van der Waals surface area contributed by atoms with Gasteiger partial charge in [-0.2, -0.15) is 13.2 Å². The number of thioether (sulfide) groups is 1. The summed E-state index contributed by atoms with van der Waals surface area (Å²) in [7, 11) is 0. The summed E-state index contributed by atoms with van der Waals surface area (Å²) < 4.78 is 44.3. The molecule has 176 valence electrons. The minimum atomic E-state index is -4.47. The van der Waals surface area contributed by atoms with E-state index in [9.17, 15) is 22.8 Å². The summed E-state index contributed by atoms with van der Waals surface area (Å²) in [5.41, 5.74) is 0.676. The number of allylic oxidation sites excluding steroid dienone is 1. The average Bonchev–Trinajstić information content (AvgIpc) is 3.23. The molecule has 0 spiro atoms. The summed E-state index contributed by atoms with van der Waals surface area (Å²) >= 11 is 1.11. The Hall–Kier alpha value is -3.87. The van der Waals surface area contributed by atoms with Crippen LogP contribution in [0.2, 0.25) is 0 Å².